The molecular formula is C13H20N2O3S. The normalized spacial score (nSPS) is 15.0. The van der Waals surface area contributed by atoms with Crippen LogP contribution in [0, 0.1) is 0 Å². The van der Waals surface area contributed by atoms with E-state index in [0.717, 1.165) is 18.5 Å². The van der Waals surface area contributed by atoms with Crippen molar-refractivity contribution in [3.63, 3.8) is 0 Å². The van der Waals surface area contributed by atoms with Gasteiger partial charge in [0.15, 0.2) is 0 Å². The number of hydrogen-bond donors (Lipinski definition) is 2. The van der Waals surface area contributed by atoms with Gasteiger partial charge in [-0.05, 0) is 37.1 Å². The van der Waals surface area contributed by atoms with E-state index in [1.54, 1.807) is 0 Å². The molecule has 2 N–H and O–H groups in total. The van der Waals surface area contributed by atoms with E-state index >= 15 is 0 Å². The van der Waals surface area contributed by atoms with E-state index in [1.807, 2.05) is 25.1 Å². The summed E-state index contributed by atoms with van der Waals surface area (Å²) in [6.07, 6.45) is 0.934. The zero-order valence-electron chi connectivity index (χ0n) is 11.1. The first-order valence-electron chi connectivity index (χ1n) is 6.52. The third kappa shape index (κ3) is 3.92. The zero-order valence-corrected chi connectivity index (χ0v) is 11.9. The van der Waals surface area contributed by atoms with Crippen molar-refractivity contribution in [2.75, 3.05) is 30.2 Å². The summed E-state index contributed by atoms with van der Waals surface area (Å²) in [4.78, 5) is 0. The first kappa shape index (κ1) is 14.3. The van der Waals surface area contributed by atoms with Crippen molar-refractivity contribution in [2.24, 2.45) is 0 Å². The number of ether oxygens (including phenoxy) is 1. The molecule has 6 heteroatoms. The minimum atomic E-state index is -3.34. The summed E-state index contributed by atoms with van der Waals surface area (Å²) in [5.74, 6) is -0.0159. The number of fused-ring (bicyclic) bond motifs is 1. The van der Waals surface area contributed by atoms with Crippen LogP contribution in [-0.4, -0.2) is 33.9 Å². The van der Waals surface area contributed by atoms with E-state index in [2.05, 4.69) is 10.0 Å². The van der Waals surface area contributed by atoms with Crippen LogP contribution in [0.3, 0.4) is 0 Å². The van der Waals surface area contributed by atoms with Gasteiger partial charge in [0.05, 0.1) is 18.0 Å². The van der Waals surface area contributed by atoms with Gasteiger partial charge in [0, 0.05) is 13.2 Å². The van der Waals surface area contributed by atoms with E-state index in [-0.39, 0.29) is 12.4 Å². The molecule has 2 rings (SSSR count). The Kier molecular flexibility index (Phi) is 4.79. The Labute approximate surface area is 114 Å². The van der Waals surface area contributed by atoms with Gasteiger partial charge in [-0.15, -0.1) is 0 Å². The fraction of sp³-hybridized carbons (Fsp3) is 0.538. The maximum Gasteiger partial charge on any atom is 0.235 e. The quantitative estimate of drug-likeness (QED) is 0.768. The first-order chi connectivity index (χ1) is 9.12. The van der Waals surface area contributed by atoms with Gasteiger partial charge in [-0.3, -0.25) is 4.72 Å². The molecule has 1 aliphatic heterocycles. The van der Waals surface area contributed by atoms with Crippen LogP contribution in [0.4, 0.5) is 5.69 Å². The Morgan fingerprint density at radius 2 is 2.26 bits per heavy atom. The average Bonchev–Trinajstić information content (AvgIpc) is 2.39. The largest absolute Gasteiger partial charge is 0.381 e. The molecule has 0 saturated heterocycles. The van der Waals surface area contributed by atoms with Gasteiger partial charge in [0.2, 0.25) is 10.0 Å². The second-order valence-corrected chi connectivity index (χ2v) is 6.33. The summed E-state index contributed by atoms with van der Waals surface area (Å²) < 4.78 is 31.6. The van der Waals surface area contributed by atoms with Crippen molar-refractivity contribution in [3.8, 4) is 0 Å². The molecular weight excluding hydrogens is 264 g/mol. The van der Waals surface area contributed by atoms with Crippen molar-refractivity contribution in [1.82, 2.24) is 5.32 Å². The minimum Gasteiger partial charge on any atom is -0.381 e. The second kappa shape index (κ2) is 6.36. The lowest BCUT2D eigenvalue weighted by molar-refractivity contribution is 0.163. The monoisotopic (exact) mass is 284 g/mol. The van der Waals surface area contributed by atoms with Gasteiger partial charge < -0.3 is 10.1 Å². The predicted molar refractivity (Wildman–Crippen MR) is 75.8 cm³/mol. The predicted octanol–water partition coefficient (Wildman–Crippen LogP) is 1.11. The highest BCUT2D eigenvalue weighted by molar-refractivity contribution is 7.92. The summed E-state index contributed by atoms with van der Waals surface area (Å²) in [5.41, 5.74) is 2.94. The molecule has 0 amide bonds. The number of hydrogen-bond acceptors (Lipinski definition) is 4. The molecule has 0 aliphatic carbocycles. The number of anilines is 1. The smallest absolute Gasteiger partial charge is 0.235 e. The Balaban J connectivity index is 2.10. The fourth-order valence-corrected chi connectivity index (χ4v) is 3.11. The van der Waals surface area contributed by atoms with Gasteiger partial charge in [-0.1, -0.05) is 12.1 Å². The van der Waals surface area contributed by atoms with Crippen molar-refractivity contribution in [1.29, 1.82) is 0 Å². The topological polar surface area (TPSA) is 67.4 Å². The van der Waals surface area contributed by atoms with Crippen LogP contribution < -0.4 is 10.0 Å². The van der Waals surface area contributed by atoms with Gasteiger partial charge >= 0.3 is 0 Å². The fourth-order valence-electron chi connectivity index (χ4n) is 2.14. The molecule has 0 radical (unpaired) electrons. The summed E-state index contributed by atoms with van der Waals surface area (Å²) >= 11 is 0. The van der Waals surface area contributed by atoms with Gasteiger partial charge in [0.25, 0.3) is 0 Å². The third-order valence-corrected chi connectivity index (χ3v) is 4.35. The average molecular weight is 284 g/mol. The van der Waals surface area contributed by atoms with E-state index in [1.165, 1.54) is 5.56 Å². The molecule has 0 bridgehead atoms. The maximum absolute atomic E-state index is 11.9. The Bertz CT molecular complexity index is 529. The standard InChI is InChI=1S/C13H20N2O3S/c1-2-18-8-9-19(16,17)15-13-5-3-4-11-6-7-14-10-12(11)13/h3-5,14-15H,2,6-10H2,1H3. The molecule has 5 nitrogen and oxygen atoms in total. The lowest BCUT2D eigenvalue weighted by atomic mass is 10.00. The molecule has 0 spiro atoms. The lowest BCUT2D eigenvalue weighted by Gasteiger charge is -2.21. The Morgan fingerprint density at radius 1 is 1.42 bits per heavy atom. The molecule has 0 unspecified atom stereocenters. The van der Waals surface area contributed by atoms with Crippen molar-refractivity contribution in [3.05, 3.63) is 29.3 Å². The van der Waals surface area contributed by atoms with Crippen LogP contribution in [0.25, 0.3) is 0 Å². The van der Waals surface area contributed by atoms with Crippen molar-refractivity contribution < 1.29 is 13.2 Å². The van der Waals surface area contributed by atoms with Gasteiger partial charge in [-0.2, -0.15) is 0 Å². The molecule has 0 saturated carbocycles. The van der Waals surface area contributed by atoms with Crippen molar-refractivity contribution in [2.45, 2.75) is 19.9 Å². The molecule has 1 aromatic rings. The zero-order chi connectivity index (χ0) is 13.7. The van der Waals surface area contributed by atoms with Crippen LogP contribution in [0.5, 0.6) is 0 Å². The highest BCUT2D eigenvalue weighted by Crippen LogP contribution is 2.23. The number of rotatable bonds is 6. The van der Waals surface area contributed by atoms with Crippen LogP contribution in [0.2, 0.25) is 0 Å². The van der Waals surface area contributed by atoms with E-state index in [4.69, 9.17) is 4.74 Å². The Morgan fingerprint density at radius 3 is 3.05 bits per heavy atom. The summed E-state index contributed by atoms with van der Waals surface area (Å²) in [6, 6.07) is 5.75. The highest BCUT2D eigenvalue weighted by Gasteiger charge is 2.16. The first-order valence-corrected chi connectivity index (χ1v) is 8.17. The minimum absolute atomic E-state index is 0.0159. The van der Waals surface area contributed by atoms with E-state index in [0.29, 0.717) is 18.8 Å². The molecule has 0 atom stereocenters. The van der Waals surface area contributed by atoms with Gasteiger partial charge in [-0.25, -0.2) is 8.42 Å². The van der Waals surface area contributed by atoms with Crippen LogP contribution in [-0.2, 0) is 27.7 Å². The second-order valence-electron chi connectivity index (χ2n) is 4.49. The highest BCUT2D eigenvalue weighted by atomic mass is 32.2. The van der Waals surface area contributed by atoms with E-state index in [9.17, 15) is 8.42 Å². The SMILES string of the molecule is CCOCCS(=O)(=O)Nc1cccc2c1CNCC2. The lowest BCUT2D eigenvalue weighted by Crippen LogP contribution is -2.26. The summed E-state index contributed by atoms with van der Waals surface area (Å²) in [6.45, 7) is 4.24. The summed E-state index contributed by atoms with van der Waals surface area (Å²) in [5, 5.41) is 3.26. The molecule has 106 valence electrons. The molecule has 0 fully saturated rings. The van der Waals surface area contributed by atoms with Crippen LogP contribution >= 0.6 is 0 Å². The van der Waals surface area contributed by atoms with E-state index < -0.39 is 10.0 Å². The molecule has 1 heterocycles. The molecule has 19 heavy (non-hydrogen) atoms. The maximum atomic E-state index is 11.9. The van der Waals surface area contributed by atoms with Crippen LogP contribution in [0.15, 0.2) is 18.2 Å². The third-order valence-electron chi connectivity index (χ3n) is 3.11. The van der Waals surface area contributed by atoms with Gasteiger partial charge in [0.1, 0.15) is 0 Å². The summed E-state index contributed by atoms with van der Waals surface area (Å²) in [7, 11) is -3.34. The van der Waals surface area contributed by atoms with Crippen molar-refractivity contribution >= 4 is 15.7 Å². The molecule has 1 aliphatic rings. The number of sulfonamides is 1. The van der Waals surface area contributed by atoms with Crippen LogP contribution in [0.1, 0.15) is 18.1 Å². The number of nitrogens with one attached hydrogen (secondary N) is 2. The molecule has 0 aromatic heterocycles. The number of benzene rings is 1. The Hall–Kier alpha value is -1.11. The molecule has 1 aromatic carbocycles.